The van der Waals surface area contributed by atoms with Crippen LogP contribution in [0.1, 0.15) is 19.4 Å². The second-order valence-corrected chi connectivity index (χ2v) is 5.82. The molecule has 0 aliphatic carbocycles. The van der Waals surface area contributed by atoms with Crippen molar-refractivity contribution in [2.45, 2.75) is 30.9 Å². The zero-order chi connectivity index (χ0) is 15.3. The summed E-state index contributed by atoms with van der Waals surface area (Å²) in [5.41, 5.74) is 1.42. The summed E-state index contributed by atoms with van der Waals surface area (Å²) in [5, 5.41) is 23.7. The van der Waals surface area contributed by atoms with Crippen molar-refractivity contribution in [3.8, 4) is 5.75 Å². The van der Waals surface area contributed by atoms with Crippen LogP contribution in [0.2, 0.25) is 0 Å². The number of carbonyl (C=O) groups is 1. The van der Waals surface area contributed by atoms with E-state index < -0.39 is 5.97 Å². The molecule has 3 N–H and O–H groups in total. The van der Waals surface area contributed by atoms with Gasteiger partial charge in [-0.1, -0.05) is 0 Å². The number of hydrogen-bond donors (Lipinski definition) is 3. The smallest absolute Gasteiger partial charge is 0.341 e. The molecule has 0 spiro atoms. The summed E-state index contributed by atoms with van der Waals surface area (Å²) >= 11 is 1.49. The molecule has 0 aliphatic rings. The van der Waals surface area contributed by atoms with Gasteiger partial charge in [-0.25, -0.2) is 4.79 Å². The Kier molecular flexibility index (Phi) is 5.76. The summed E-state index contributed by atoms with van der Waals surface area (Å²) in [6, 6.07) is 5.46. The number of aliphatic carboxylic acids is 1. The van der Waals surface area contributed by atoms with E-state index in [0.717, 1.165) is 10.5 Å². The molecule has 0 bridgehead atoms. The molecule has 0 radical (unpaired) electrons. The first-order valence-electron chi connectivity index (χ1n) is 6.07. The number of benzene rings is 1. The SMILES string of the molecule is CC(=N)C(=N)C(C)Sc1ccc(OCC(=O)O)c(C)c1. The Labute approximate surface area is 122 Å². The van der Waals surface area contributed by atoms with Gasteiger partial charge in [0.15, 0.2) is 6.61 Å². The lowest BCUT2D eigenvalue weighted by atomic mass is 10.2. The van der Waals surface area contributed by atoms with E-state index in [0.29, 0.717) is 11.5 Å². The molecule has 0 fully saturated rings. The van der Waals surface area contributed by atoms with E-state index in [1.54, 1.807) is 13.0 Å². The maximum Gasteiger partial charge on any atom is 0.341 e. The molecule has 0 saturated heterocycles. The van der Waals surface area contributed by atoms with Gasteiger partial charge in [0.1, 0.15) is 5.75 Å². The molecule has 1 aromatic carbocycles. The van der Waals surface area contributed by atoms with Gasteiger partial charge in [-0.05, 0) is 44.5 Å². The Hall–Kier alpha value is -1.82. The number of aryl methyl sites for hydroxylation is 1. The van der Waals surface area contributed by atoms with Crippen LogP contribution in [0.15, 0.2) is 23.1 Å². The van der Waals surface area contributed by atoms with Crippen molar-refractivity contribution < 1.29 is 14.6 Å². The van der Waals surface area contributed by atoms with E-state index in [-0.39, 0.29) is 17.6 Å². The van der Waals surface area contributed by atoms with Crippen LogP contribution < -0.4 is 4.74 Å². The summed E-state index contributed by atoms with van der Waals surface area (Å²) in [7, 11) is 0. The van der Waals surface area contributed by atoms with Crippen molar-refractivity contribution >= 4 is 29.2 Å². The average molecular weight is 294 g/mol. The molecule has 0 amide bonds. The van der Waals surface area contributed by atoms with Gasteiger partial charge in [0.05, 0.1) is 11.4 Å². The zero-order valence-corrected chi connectivity index (χ0v) is 12.5. The first kappa shape index (κ1) is 16.2. The van der Waals surface area contributed by atoms with Crippen molar-refractivity contribution in [1.29, 1.82) is 10.8 Å². The van der Waals surface area contributed by atoms with Gasteiger partial charge in [-0.15, -0.1) is 11.8 Å². The molecule has 108 valence electrons. The zero-order valence-electron chi connectivity index (χ0n) is 11.7. The predicted molar refractivity (Wildman–Crippen MR) is 80.8 cm³/mol. The molecular weight excluding hydrogens is 276 g/mol. The van der Waals surface area contributed by atoms with Crippen molar-refractivity contribution in [3.63, 3.8) is 0 Å². The standard InChI is InChI=1S/C14H18N2O3S/c1-8-6-11(20-10(3)14(16)9(2)15)4-5-12(8)19-7-13(17)18/h4-6,10,15-16H,7H2,1-3H3,(H,17,18). The largest absolute Gasteiger partial charge is 0.482 e. The number of nitrogens with one attached hydrogen (secondary N) is 2. The van der Waals surface area contributed by atoms with Gasteiger partial charge in [0, 0.05) is 10.1 Å². The minimum atomic E-state index is -1.01. The first-order chi connectivity index (χ1) is 9.31. The van der Waals surface area contributed by atoms with E-state index >= 15 is 0 Å². The molecule has 0 saturated carbocycles. The molecular formula is C14H18N2O3S. The van der Waals surface area contributed by atoms with Crippen LogP contribution in [-0.2, 0) is 4.79 Å². The highest BCUT2D eigenvalue weighted by Crippen LogP contribution is 2.28. The number of thioether (sulfide) groups is 1. The maximum absolute atomic E-state index is 10.5. The number of rotatable bonds is 7. The van der Waals surface area contributed by atoms with Gasteiger partial charge in [0.25, 0.3) is 0 Å². The Morgan fingerprint density at radius 2 is 2.10 bits per heavy atom. The summed E-state index contributed by atoms with van der Waals surface area (Å²) < 4.78 is 5.16. The molecule has 1 rings (SSSR count). The van der Waals surface area contributed by atoms with Crippen molar-refractivity contribution in [2.24, 2.45) is 0 Å². The molecule has 5 nitrogen and oxygen atoms in total. The fourth-order valence-corrected chi connectivity index (χ4v) is 2.66. The normalized spacial score (nSPS) is 11.8. The Balaban J connectivity index is 2.74. The van der Waals surface area contributed by atoms with Gasteiger partial charge in [-0.2, -0.15) is 0 Å². The third-order valence-electron chi connectivity index (χ3n) is 2.62. The Morgan fingerprint density at radius 1 is 1.45 bits per heavy atom. The lowest BCUT2D eigenvalue weighted by Crippen LogP contribution is -2.19. The van der Waals surface area contributed by atoms with Gasteiger partial charge in [0.2, 0.25) is 0 Å². The quantitative estimate of drug-likeness (QED) is 0.532. The summed E-state index contributed by atoms with van der Waals surface area (Å²) in [6.07, 6.45) is 0. The first-order valence-corrected chi connectivity index (χ1v) is 6.95. The Bertz CT molecular complexity index is 543. The van der Waals surface area contributed by atoms with E-state index in [4.69, 9.17) is 20.7 Å². The highest BCUT2D eigenvalue weighted by molar-refractivity contribution is 8.00. The minimum absolute atomic E-state index is 0.0994. The van der Waals surface area contributed by atoms with Crippen LogP contribution in [0, 0.1) is 17.7 Å². The number of hydrogen-bond acceptors (Lipinski definition) is 5. The lowest BCUT2D eigenvalue weighted by Gasteiger charge is -2.13. The average Bonchev–Trinajstić information content (AvgIpc) is 2.36. The predicted octanol–water partition coefficient (Wildman–Crippen LogP) is 3.00. The fraction of sp³-hybridized carbons (Fsp3) is 0.357. The molecule has 1 aromatic rings. The second kappa shape index (κ2) is 7.09. The maximum atomic E-state index is 10.5. The van der Waals surface area contributed by atoms with Crippen molar-refractivity contribution in [3.05, 3.63) is 23.8 Å². The van der Waals surface area contributed by atoms with Crippen LogP contribution >= 0.6 is 11.8 Å². The van der Waals surface area contributed by atoms with E-state index in [2.05, 4.69) is 0 Å². The summed E-state index contributed by atoms with van der Waals surface area (Å²) in [5.74, 6) is -0.464. The molecule has 20 heavy (non-hydrogen) atoms. The minimum Gasteiger partial charge on any atom is -0.482 e. The van der Waals surface area contributed by atoms with Crippen LogP contribution in [0.3, 0.4) is 0 Å². The topological polar surface area (TPSA) is 94.2 Å². The third kappa shape index (κ3) is 4.70. The fourth-order valence-electron chi connectivity index (χ4n) is 1.56. The van der Waals surface area contributed by atoms with E-state index in [1.807, 2.05) is 26.0 Å². The third-order valence-corrected chi connectivity index (χ3v) is 3.74. The Morgan fingerprint density at radius 3 is 2.60 bits per heavy atom. The van der Waals surface area contributed by atoms with Crippen LogP contribution in [0.5, 0.6) is 5.75 Å². The highest BCUT2D eigenvalue weighted by atomic mass is 32.2. The van der Waals surface area contributed by atoms with E-state index in [9.17, 15) is 4.79 Å². The van der Waals surface area contributed by atoms with E-state index in [1.165, 1.54) is 11.8 Å². The van der Waals surface area contributed by atoms with Gasteiger partial charge in [-0.3, -0.25) is 0 Å². The van der Waals surface area contributed by atoms with Crippen molar-refractivity contribution in [2.75, 3.05) is 6.61 Å². The van der Waals surface area contributed by atoms with Gasteiger partial charge >= 0.3 is 5.97 Å². The molecule has 0 aliphatic heterocycles. The second-order valence-electron chi connectivity index (χ2n) is 4.41. The number of ether oxygens (including phenoxy) is 1. The summed E-state index contributed by atoms with van der Waals surface area (Å²) in [4.78, 5) is 11.4. The van der Waals surface area contributed by atoms with Gasteiger partial charge < -0.3 is 20.7 Å². The van der Waals surface area contributed by atoms with Crippen LogP contribution in [-0.4, -0.2) is 34.4 Å². The number of carboxylic acids is 1. The van der Waals surface area contributed by atoms with Crippen LogP contribution in [0.25, 0.3) is 0 Å². The highest BCUT2D eigenvalue weighted by Gasteiger charge is 2.13. The summed E-state index contributed by atoms with van der Waals surface area (Å²) in [6.45, 7) is 4.98. The van der Waals surface area contributed by atoms with Crippen molar-refractivity contribution in [1.82, 2.24) is 0 Å². The van der Waals surface area contributed by atoms with Crippen LogP contribution in [0.4, 0.5) is 0 Å². The lowest BCUT2D eigenvalue weighted by molar-refractivity contribution is -0.139. The molecule has 6 heteroatoms. The molecule has 0 aromatic heterocycles. The molecule has 0 heterocycles. The number of carboxylic acid groups (broad SMARTS) is 1. The molecule has 1 unspecified atom stereocenters. The monoisotopic (exact) mass is 294 g/mol. The molecule has 1 atom stereocenters.